The average Bonchev–Trinajstić information content (AvgIpc) is 2.52. The number of nitrogens with one attached hydrogen (secondary N) is 1. The van der Waals surface area contributed by atoms with Crippen molar-refractivity contribution in [1.29, 1.82) is 0 Å². The molecule has 2 aromatic rings. The molecular weight excluding hydrogens is 292 g/mol. The molecule has 0 atom stereocenters. The Morgan fingerprint density at radius 2 is 2.00 bits per heavy atom. The lowest BCUT2D eigenvalue weighted by atomic mass is 9.95. The topological polar surface area (TPSA) is 77.7 Å². The molecule has 2 heterocycles. The van der Waals surface area contributed by atoms with Gasteiger partial charge in [-0.25, -0.2) is 4.79 Å². The van der Waals surface area contributed by atoms with Gasteiger partial charge in [-0.3, -0.25) is 4.79 Å². The van der Waals surface area contributed by atoms with E-state index < -0.39 is 0 Å². The highest BCUT2D eigenvalue weighted by molar-refractivity contribution is 5.83. The predicted octanol–water partition coefficient (Wildman–Crippen LogP) is 0.690. The van der Waals surface area contributed by atoms with Crippen LogP contribution in [-0.4, -0.2) is 19.0 Å². The van der Waals surface area contributed by atoms with E-state index in [9.17, 15) is 9.59 Å². The quantitative estimate of drug-likeness (QED) is 0.818. The molecule has 0 saturated carbocycles. The van der Waals surface area contributed by atoms with E-state index in [0.29, 0.717) is 5.58 Å². The van der Waals surface area contributed by atoms with Gasteiger partial charge in [0.25, 0.3) is 0 Å². The van der Waals surface area contributed by atoms with Crippen LogP contribution >= 0.6 is 0 Å². The maximum Gasteiger partial charge on any atom is 0.336 e. The van der Waals surface area contributed by atoms with E-state index in [1.807, 2.05) is 19.9 Å². The van der Waals surface area contributed by atoms with Crippen molar-refractivity contribution in [2.24, 2.45) is 11.7 Å². The van der Waals surface area contributed by atoms with Crippen LogP contribution < -0.4 is 16.3 Å². The number of nitrogens with two attached hydrogens (primary N) is 1. The molecule has 3 N–H and O–H groups in total. The maximum atomic E-state index is 11.9. The van der Waals surface area contributed by atoms with Gasteiger partial charge in [0.15, 0.2) is 0 Å². The van der Waals surface area contributed by atoms with Gasteiger partial charge in [-0.05, 0) is 25.0 Å². The highest BCUT2D eigenvalue weighted by Crippen LogP contribution is 2.23. The van der Waals surface area contributed by atoms with Gasteiger partial charge in [0.2, 0.25) is 5.91 Å². The molecule has 1 saturated heterocycles. The molecule has 1 amide bonds. The molecule has 1 aliphatic heterocycles. The molecule has 3 rings (SSSR count). The highest BCUT2D eigenvalue weighted by atomic mass is 16.4. The summed E-state index contributed by atoms with van der Waals surface area (Å²) in [5, 5.41) is 1.01. The first-order valence-electron chi connectivity index (χ1n) is 8.11. The molecule has 0 radical (unpaired) electrons. The van der Waals surface area contributed by atoms with E-state index in [4.69, 9.17) is 10.2 Å². The zero-order valence-corrected chi connectivity index (χ0v) is 13.6. The Morgan fingerprint density at radius 1 is 1.30 bits per heavy atom. The highest BCUT2D eigenvalue weighted by Gasteiger charge is 2.26. The lowest BCUT2D eigenvalue weighted by Gasteiger charge is -2.28. The normalized spacial score (nSPS) is 21.5. The van der Waals surface area contributed by atoms with Gasteiger partial charge in [-0.2, -0.15) is 0 Å². The van der Waals surface area contributed by atoms with Gasteiger partial charge < -0.3 is 15.1 Å². The summed E-state index contributed by atoms with van der Waals surface area (Å²) >= 11 is 0. The van der Waals surface area contributed by atoms with Crippen molar-refractivity contribution in [2.45, 2.75) is 33.2 Å². The second-order valence-electron chi connectivity index (χ2n) is 6.58. The fourth-order valence-electron chi connectivity index (χ4n) is 3.43. The number of hydrogen-bond donors (Lipinski definition) is 2. The molecule has 1 aliphatic rings. The standard InChI is InChI=1S/C18H22N2O3/c1-11-3-4-15-14(9-16(21)23-17(15)12(11)2)10-20-7-5-13(6-8-20)18(19)22/h3-4,9,13H,5-8,10H2,1-2H3,(H2,19,22)/p+1. The van der Waals surface area contributed by atoms with E-state index in [0.717, 1.165) is 54.6 Å². The van der Waals surface area contributed by atoms with Crippen molar-refractivity contribution in [2.75, 3.05) is 13.1 Å². The number of piperidine rings is 1. The Labute approximate surface area is 135 Å². The number of fused-ring (bicyclic) bond motifs is 1. The number of primary amides is 1. The molecule has 122 valence electrons. The van der Waals surface area contributed by atoms with Gasteiger partial charge in [0.1, 0.15) is 12.1 Å². The third-order valence-electron chi connectivity index (χ3n) is 5.05. The van der Waals surface area contributed by atoms with Crippen molar-refractivity contribution in [3.63, 3.8) is 0 Å². The number of benzene rings is 1. The van der Waals surface area contributed by atoms with Crippen molar-refractivity contribution >= 4 is 16.9 Å². The molecule has 5 nitrogen and oxygen atoms in total. The van der Waals surface area contributed by atoms with E-state index >= 15 is 0 Å². The Hall–Kier alpha value is -2.14. The monoisotopic (exact) mass is 315 g/mol. The molecule has 1 fully saturated rings. The van der Waals surface area contributed by atoms with Crippen molar-refractivity contribution in [1.82, 2.24) is 0 Å². The summed E-state index contributed by atoms with van der Waals surface area (Å²) < 4.78 is 5.43. The summed E-state index contributed by atoms with van der Waals surface area (Å²) in [5.41, 5.74) is 8.94. The minimum atomic E-state index is -0.298. The third-order valence-corrected chi connectivity index (χ3v) is 5.05. The lowest BCUT2D eigenvalue weighted by Crippen LogP contribution is -3.11. The number of aryl methyl sites for hydroxylation is 2. The number of rotatable bonds is 3. The van der Waals surface area contributed by atoms with E-state index in [-0.39, 0.29) is 17.5 Å². The summed E-state index contributed by atoms with van der Waals surface area (Å²) in [7, 11) is 0. The minimum absolute atomic E-state index is 0.00114. The molecule has 5 heteroatoms. The molecular formula is C18H23N2O3+. The molecule has 0 spiro atoms. The second kappa shape index (κ2) is 6.16. The van der Waals surface area contributed by atoms with Crippen LogP contribution in [0.5, 0.6) is 0 Å². The van der Waals surface area contributed by atoms with Gasteiger partial charge in [0, 0.05) is 35.8 Å². The molecule has 0 unspecified atom stereocenters. The molecule has 0 bridgehead atoms. The number of likely N-dealkylation sites (tertiary alicyclic amines) is 1. The minimum Gasteiger partial charge on any atom is -0.422 e. The van der Waals surface area contributed by atoms with Crippen LogP contribution in [0.25, 0.3) is 11.0 Å². The molecule has 0 aliphatic carbocycles. The number of hydrogen-bond acceptors (Lipinski definition) is 3. The van der Waals surface area contributed by atoms with Gasteiger partial charge in [-0.15, -0.1) is 0 Å². The Kier molecular flexibility index (Phi) is 4.22. The fraction of sp³-hybridized carbons (Fsp3) is 0.444. The number of quaternary nitrogens is 1. The van der Waals surface area contributed by atoms with Crippen LogP contribution in [0.3, 0.4) is 0 Å². The third kappa shape index (κ3) is 3.15. The molecule has 23 heavy (non-hydrogen) atoms. The first-order valence-corrected chi connectivity index (χ1v) is 8.11. The number of carbonyl (C=O) groups is 1. The van der Waals surface area contributed by atoms with Crippen LogP contribution in [0.15, 0.2) is 27.4 Å². The lowest BCUT2D eigenvalue weighted by molar-refractivity contribution is -0.919. The summed E-state index contributed by atoms with van der Waals surface area (Å²) in [6.45, 7) is 6.58. The van der Waals surface area contributed by atoms with Crippen LogP contribution in [0.4, 0.5) is 0 Å². The predicted molar refractivity (Wildman–Crippen MR) is 88.3 cm³/mol. The van der Waals surface area contributed by atoms with E-state index in [2.05, 4.69) is 6.07 Å². The zero-order valence-electron chi connectivity index (χ0n) is 13.6. The Balaban J connectivity index is 1.88. The maximum absolute atomic E-state index is 11.9. The first kappa shape index (κ1) is 15.7. The summed E-state index contributed by atoms with van der Waals surface area (Å²) in [6.07, 6.45) is 1.64. The van der Waals surface area contributed by atoms with Crippen molar-refractivity contribution in [3.05, 3.63) is 45.3 Å². The summed E-state index contributed by atoms with van der Waals surface area (Å²) in [6, 6.07) is 5.70. The fourth-order valence-corrected chi connectivity index (χ4v) is 3.43. The second-order valence-corrected chi connectivity index (χ2v) is 6.58. The largest absolute Gasteiger partial charge is 0.422 e. The zero-order chi connectivity index (χ0) is 16.6. The number of carbonyl (C=O) groups excluding carboxylic acids is 1. The van der Waals surface area contributed by atoms with Crippen LogP contribution in [-0.2, 0) is 11.3 Å². The van der Waals surface area contributed by atoms with E-state index in [1.165, 1.54) is 4.90 Å². The van der Waals surface area contributed by atoms with Gasteiger partial charge in [-0.1, -0.05) is 12.1 Å². The molecule has 1 aromatic carbocycles. The summed E-state index contributed by atoms with van der Waals surface area (Å²) in [5.74, 6) is -0.192. The first-order chi connectivity index (χ1) is 11.0. The molecule has 1 aromatic heterocycles. The Morgan fingerprint density at radius 3 is 2.65 bits per heavy atom. The van der Waals surface area contributed by atoms with Crippen LogP contribution in [0.1, 0.15) is 29.5 Å². The average molecular weight is 315 g/mol. The summed E-state index contributed by atoms with van der Waals surface area (Å²) in [4.78, 5) is 24.6. The van der Waals surface area contributed by atoms with E-state index in [1.54, 1.807) is 6.07 Å². The smallest absolute Gasteiger partial charge is 0.336 e. The number of amides is 1. The SMILES string of the molecule is Cc1ccc2c(C[NH+]3CCC(C(N)=O)CC3)cc(=O)oc2c1C. The van der Waals surface area contributed by atoms with Crippen LogP contribution in [0.2, 0.25) is 0 Å². The van der Waals surface area contributed by atoms with Crippen molar-refractivity contribution in [3.8, 4) is 0 Å². The van der Waals surface area contributed by atoms with Crippen molar-refractivity contribution < 1.29 is 14.1 Å². The van der Waals surface area contributed by atoms with Gasteiger partial charge >= 0.3 is 5.63 Å². The van der Waals surface area contributed by atoms with Crippen LogP contribution in [0, 0.1) is 19.8 Å². The Bertz CT molecular complexity index is 802. The van der Waals surface area contributed by atoms with Gasteiger partial charge in [0.05, 0.1) is 13.1 Å².